The second kappa shape index (κ2) is 7.19. The van der Waals surface area contributed by atoms with Crippen LogP contribution >= 0.6 is 0 Å². The van der Waals surface area contributed by atoms with Crippen molar-refractivity contribution in [2.24, 2.45) is 0 Å². The Kier molecular flexibility index (Phi) is 5.29. The Balaban J connectivity index is 2.09. The third-order valence-electron chi connectivity index (χ3n) is 3.23. The first kappa shape index (κ1) is 14.7. The quantitative estimate of drug-likeness (QED) is 0.788. The van der Waals surface area contributed by atoms with Gasteiger partial charge >= 0.3 is 0 Å². The molecule has 1 aliphatic heterocycles. The van der Waals surface area contributed by atoms with Gasteiger partial charge in [0.15, 0.2) is 6.29 Å². The number of hydrogen-bond acceptors (Lipinski definition) is 5. The van der Waals surface area contributed by atoms with E-state index in [1.807, 2.05) is 30.3 Å². The number of ether oxygens (including phenoxy) is 3. The van der Waals surface area contributed by atoms with Crippen molar-refractivity contribution in [2.75, 3.05) is 13.7 Å². The molecule has 1 heterocycles. The van der Waals surface area contributed by atoms with Gasteiger partial charge in [0.25, 0.3) is 0 Å². The van der Waals surface area contributed by atoms with Gasteiger partial charge in [-0.3, -0.25) is 4.79 Å². The Bertz CT molecular complexity index is 457. The molecule has 5 nitrogen and oxygen atoms in total. The van der Waals surface area contributed by atoms with Crippen molar-refractivity contribution in [3.63, 3.8) is 0 Å². The van der Waals surface area contributed by atoms with Crippen molar-refractivity contribution in [3.8, 4) is 0 Å². The standard InChI is InChI=1S/C15H18O5/c1-18-14-12(7-16)10-19-13(8-17)15(14)20-9-11-5-3-2-4-6-11/h2-7,10,13-15,17H,8-9H2,1H3/t13-,14+,15+/m1/s1. The van der Waals surface area contributed by atoms with E-state index in [1.54, 1.807) is 0 Å². The number of hydrogen-bond donors (Lipinski definition) is 1. The van der Waals surface area contributed by atoms with Crippen molar-refractivity contribution < 1.29 is 24.1 Å². The van der Waals surface area contributed by atoms with E-state index in [1.165, 1.54) is 13.4 Å². The molecule has 0 saturated carbocycles. The van der Waals surface area contributed by atoms with Gasteiger partial charge in [0, 0.05) is 7.11 Å². The van der Waals surface area contributed by atoms with Crippen molar-refractivity contribution in [1.29, 1.82) is 0 Å². The van der Waals surface area contributed by atoms with E-state index < -0.39 is 18.3 Å². The molecule has 5 heteroatoms. The molecule has 0 radical (unpaired) electrons. The maximum atomic E-state index is 11.0. The lowest BCUT2D eigenvalue weighted by Crippen LogP contribution is -2.47. The number of benzene rings is 1. The molecule has 0 amide bonds. The molecule has 2 rings (SSSR count). The van der Waals surface area contributed by atoms with E-state index in [4.69, 9.17) is 14.2 Å². The summed E-state index contributed by atoms with van der Waals surface area (Å²) in [5.74, 6) is 0. The number of aliphatic hydroxyl groups is 1. The van der Waals surface area contributed by atoms with Gasteiger partial charge < -0.3 is 19.3 Å². The zero-order chi connectivity index (χ0) is 14.4. The first-order valence-electron chi connectivity index (χ1n) is 6.40. The summed E-state index contributed by atoms with van der Waals surface area (Å²) < 4.78 is 16.4. The first-order chi connectivity index (χ1) is 9.80. The van der Waals surface area contributed by atoms with Crippen LogP contribution < -0.4 is 0 Å². The Morgan fingerprint density at radius 3 is 2.70 bits per heavy atom. The minimum Gasteiger partial charge on any atom is -0.492 e. The predicted octanol–water partition coefficient (Wildman–Crippen LogP) is 1.06. The molecule has 3 atom stereocenters. The number of aliphatic hydroxyl groups excluding tert-OH is 1. The van der Waals surface area contributed by atoms with Gasteiger partial charge in [0.2, 0.25) is 0 Å². The Morgan fingerprint density at radius 1 is 1.35 bits per heavy atom. The van der Waals surface area contributed by atoms with Crippen LogP contribution in [-0.4, -0.2) is 43.4 Å². The molecule has 1 aliphatic rings. The average Bonchev–Trinajstić information content (AvgIpc) is 2.52. The number of aldehydes is 1. The first-order valence-corrected chi connectivity index (χ1v) is 6.40. The maximum absolute atomic E-state index is 11.0. The summed E-state index contributed by atoms with van der Waals surface area (Å²) in [5.41, 5.74) is 1.37. The summed E-state index contributed by atoms with van der Waals surface area (Å²) in [7, 11) is 1.50. The summed E-state index contributed by atoms with van der Waals surface area (Å²) in [5, 5.41) is 9.35. The minimum atomic E-state index is -0.549. The van der Waals surface area contributed by atoms with Crippen molar-refractivity contribution in [3.05, 3.63) is 47.7 Å². The van der Waals surface area contributed by atoms with Crippen LogP contribution in [0.5, 0.6) is 0 Å². The van der Waals surface area contributed by atoms with Crippen molar-refractivity contribution >= 4 is 6.29 Å². The number of rotatable bonds is 6. The molecular weight excluding hydrogens is 260 g/mol. The summed E-state index contributed by atoms with van der Waals surface area (Å²) in [6.07, 6.45) is 0.385. The molecule has 0 fully saturated rings. The summed E-state index contributed by atoms with van der Waals surface area (Å²) in [6, 6.07) is 9.65. The molecule has 0 saturated heterocycles. The zero-order valence-corrected chi connectivity index (χ0v) is 11.3. The molecule has 1 N–H and O–H groups in total. The van der Waals surface area contributed by atoms with E-state index in [2.05, 4.69) is 0 Å². The smallest absolute Gasteiger partial charge is 0.151 e. The van der Waals surface area contributed by atoms with E-state index in [-0.39, 0.29) is 6.61 Å². The molecule has 1 aromatic carbocycles. The van der Waals surface area contributed by atoms with Gasteiger partial charge in [-0.15, -0.1) is 0 Å². The maximum Gasteiger partial charge on any atom is 0.151 e. The fourth-order valence-electron chi connectivity index (χ4n) is 2.17. The highest BCUT2D eigenvalue weighted by atomic mass is 16.6. The molecule has 0 unspecified atom stereocenters. The number of methoxy groups -OCH3 is 1. The minimum absolute atomic E-state index is 0.206. The van der Waals surface area contributed by atoms with Crippen molar-refractivity contribution in [1.82, 2.24) is 0 Å². The molecule has 1 aromatic rings. The van der Waals surface area contributed by atoms with Crippen LogP contribution in [-0.2, 0) is 25.6 Å². The number of carbonyl (C=O) groups excluding carboxylic acids is 1. The van der Waals surface area contributed by atoms with E-state index in [0.29, 0.717) is 18.5 Å². The summed E-state index contributed by atoms with van der Waals surface area (Å²) in [4.78, 5) is 11.0. The molecule has 0 aromatic heterocycles. The van der Waals surface area contributed by atoms with Crippen LogP contribution in [0, 0.1) is 0 Å². The van der Waals surface area contributed by atoms with E-state index >= 15 is 0 Å². The fourth-order valence-corrected chi connectivity index (χ4v) is 2.17. The molecular formula is C15H18O5. The largest absolute Gasteiger partial charge is 0.492 e. The van der Waals surface area contributed by atoms with Crippen LogP contribution in [0.15, 0.2) is 42.2 Å². The normalized spacial score (nSPS) is 25.7. The lowest BCUT2D eigenvalue weighted by atomic mass is 9.99. The lowest BCUT2D eigenvalue weighted by molar-refractivity contribution is -0.138. The molecule has 0 bridgehead atoms. The highest BCUT2D eigenvalue weighted by molar-refractivity contribution is 5.74. The highest BCUT2D eigenvalue weighted by Gasteiger charge is 2.37. The zero-order valence-electron chi connectivity index (χ0n) is 11.3. The Hall–Kier alpha value is -1.69. The summed E-state index contributed by atoms with van der Waals surface area (Å²) in [6.45, 7) is 0.152. The van der Waals surface area contributed by atoms with Gasteiger partial charge in [-0.25, -0.2) is 0 Å². The third kappa shape index (κ3) is 3.25. The monoisotopic (exact) mass is 278 g/mol. The average molecular weight is 278 g/mol. The molecule has 108 valence electrons. The van der Waals surface area contributed by atoms with Crippen molar-refractivity contribution in [2.45, 2.75) is 24.9 Å². The fraction of sp³-hybridized carbons (Fsp3) is 0.400. The van der Waals surface area contributed by atoms with Crippen LogP contribution in [0.4, 0.5) is 0 Å². The van der Waals surface area contributed by atoms with E-state index in [0.717, 1.165) is 5.56 Å². The van der Waals surface area contributed by atoms with Crippen LogP contribution in [0.25, 0.3) is 0 Å². The van der Waals surface area contributed by atoms with Gasteiger partial charge in [0.05, 0.1) is 25.0 Å². The molecule has 20 heavy (non-hydrogen) atoms. The lowest BCUT2D eigenvalue weighted by Gasteiger charge is -2.35. The molecule has 0 aliphatic carbocycles. The molecule has 0 spiro atoms. The van der Waals surface area contributed by atoms with Gasteiger partial charge in [-0.2, -0.15) is 0 Å². The van der Waals surface area contributed by atoms with E-state index in [9.17, 15) is 9.90 Å². The topological polar surface area (TPSA) is 65.0 Å². The number of carbonyl (C=O) groups is 1. The predicted molar refractivity (Wildman–Crippen MR) is 71.9 cm³/mol. The van der Waals surface area contributed by atoms with Gasteiger partial charge in [-0.05, 0) is 5.56 Å². The Morgan fingerprint density at radius 2 is 2.10 bits per heavy atom. The van der Waals surface area contributed by atoms with Crippen LogP contribution in [0.2, 0.25) is 0 Å². The second-order valence-electron chi connectivity index (χ2n) is 4.51. The third-order valence-corrected chi connectivity index (χ3v) is 3.23. The Labute approximate surface area is 117 Å². The van der Waals surface area contributed by atoms with Crippen LogP contribution in [0.1, 0.15) is 5.56 Å². The highest BCUT2D eigenvalue weighted by Crippen LogP contribution is 2.24. The summed E-state index contributed by atoms with van der Waals surface area (Å²) >= 11 is 0. The van der Waals surface area contributed by atoms with Gasteiger partial charge in [-0.1, -0.05) is 30.3 Å². The SMILES string of the molecule is CO[C@H]1C(C=O)=CO[C@H](CO)[C@@H]1OCc1ccccc1. The van der Waals surface area contributed by atoms with Crippen LogP contribution in [0.3, 0.4) is 0 Å². The van der Waals surface area contributed by atoms with Gasteiger partial charge in [0.1, 0.15) is 18.3 Å². The second-order valence-corrected chi connectivity index (χ2v) is 4.51.